The Hall–Kier alpha value is -2.34. The molecule has 0 saturated carbocycles. The van der Waals surface area contributed by atoms with Crippen molar-refractivity contribution in [2.45, 2.75) is 12.8 Å². The lowest BCUT2D eigenvalue weighted by atomic mass is 9.96. The molecule has 0 N–H and O–H groups in total. The maximum atomic E-state index is 12.9. The van der Waals surface area contributed by atoms with Crippen molar-refractivity contribution < 1.29 is 19.1 Å². The molecule has 0 aliphatic carbocycles. The van der Waals surface area contributed by atoms with Gasteiger partial charge in [-0.05, 0) is 43.2 Å². The highest BCUT2D eigenvalue weighted by atomic mass is 79.9. The van der Waals surface area contributed by atoms with Gasteiger partial charge >= 0.3 is 5.97 Å². The SMILES string of the molecule is COC(=O)C1CCN(C(=O)c2ccccc2Oc2cccc(Br)c2)CC1. The van der Waals surface area contributed by atoms with Gasteiger partial charge in [-0.3, -0.25) is 9.59 Å². The third-order valence-corrected chi connectivity index (χ3v) is 4.95. The number of piperidine rings is 1. The van der Waals surface area contributed by atoms with Crippen LogP contribution in [0.5, 0.6) is 11.5 Å². The molecule has 2 aromatic rings. The van der Waals surface area contributed by atoms with Gasteiger partial charge in [0.05, 0.1) is 18.6 Å². The minimum absolute atomic E-state index is 0.0843. The topological polar surface area (TPSA) is 55.8 Å². The van der Waals surface area contributed by atoms with Crippen LogP contribution in [-0.4, -0.2) is 37.0 Å². The minimum Gasteiger partial charge on any atom is -0.469 e. The van der Waals surface area contributed by atoms with Gasteiger partial charge in [-0.15, -0.1) is 0 Å². The summed E-state index contributed by atoms with van der Waals surface area (Å²) < 4.78 is 11.6. The molecule has 1 amide bonds. The average Bonchev–Trinajstić information content (AvgIpc) is 2.67. The minimum atomic E-state index is -0.199. The Morgan fingerprint density at radius 3 is 2.50 bits per heavy atom. The van der Waals surface area contributed by atoms with Crippen LogP contribution in [0.4, 0.5) is 0 Å². The number of nitrogens with zero attached hydrogens (tertiary/aromatic N) is 1. The van der Waals surface area contributed by atoms with E-state index in [4.69, 9.17) is 9.47 Å². The van der Waals surface area contributed by atoms with E-state index < -0.39 is 0 Å². The molecular formula is C20H20BrNO4. The Kier molecular flexibility index (Phi) is 5.93. The molecule has 1 aliphatic heterocycles. The van der Waals surface area contributed by atoms with E-state index in [1.165, 1.54) is 7.11 Å². The van der Waals surface area contributed by atoms with E-state index in [0.717, 1.165) is 4.47 Å². The summed E-state index contributed by atoms with van der Waals surface area (Å²) in [6.07, 6.45) is 1.24. The van der Waals surface area contributed by atoms with Crippen molar-refractivity contribution in [2.24, 2.45) is 5.92 Å². The first kappa shape index (κ1) is 18.5. The Morgan fingerprint density at radius 2 is 1.81 bits per heavy atom. The molecular weight excluding hydrogens is 398 g/mol. The zero-order valence-electron chi connectivity index (χ0n) is 14.5. The fourth-order valence-electron chi connectivity index (χ4n) is 3.05. The van der Waals surface area contributed by atoms with Crippen LogP contribution in [0, 0.1) is 5.92 Å². The number of halogens is 1. The van der Waals surface area contributed by atoms with Gasteiger partial charge in [-0.2, -0.15) is 0 Å². The Morgan fingerprint density at radius 1 is 1.08 bits per heavy atom. The van der Waals surface area contributed by atoms with Crippen molar-refractivity contribution in [2.75, 3.05) is 20.2 Å². The molecule has 1 heterocycles. The summed E-state index contributed by atoms with van der Waals surface area (Å²) in [7, 11) is 1.40. The summed E-state index contributed by atoms with van der Waals surface area (Å²) in [6, 6.07) is 14.7. The Bertz CT molecular complexity index is 800. The number of likely N-dealkylation sites (tertiary alicyclic amines) is 1. The number of carbonyl (C=O) groups excluding carboxylic acids is 2. The van der Waals surface area contributed by atoms with Crippen LogP contribution in [0.1, 0.15) is 23.2 Å². The first-order valence-electron chi connectivity index (χ1n) is 8.48. The molecule has 1 fully saturated rings. The van der Waals surface area contributed by atoms with Crippen molar-refractivity contribution in [1.82, 2.24) is 4.90 Å². The fourth-order valence-corrected chi connectivity index (χ4v) is 3.42. The molecule has 0 spiro atoms. The molecule has 5 nitrogen and oxygen atoms in total. The molecule has 0 atom stereocenters. The first-order chi connectivity index (χ1) is 12.6. The van der Waals surface area contributed by atoms with Crippen LogP contribution in [-0.2, 0) is 9.53 Å². The van der Waals surface area contributed by atoms with E-state index in [0.29, 0.717) is 43.0 Å². The highest BCUT2D eigenvalue weighted by Crippen LogP contribution is 2.29. The molecule has 26 heavy (non-hydrogen) atoms. The van der Waals surface area contributed by atoms with Crippen molar-refractivity contribution in [3.8, 4) is 11.5 Å². The van der Waals surface area contributed by atoms with Crippen LogP contribution in [0.3, 0.4) is 0 Å². The Balaban J connectivity index is 1.73. The van der Waals surface area contributed by atoms with Crippen molar-refractivity contribution in [1.29, 1.82) is 0 Å². The lowest BCUT2D eigenvalue weighted by Gasteiger charge is -2.31. The van der Waals surface area contributed by atoms with E-state index in [9.17, 15) is 9.59 Å². The smallest absolute Gasteiger partial charge is 0.308 e. The molecule has 2 aromatic carbocycles. The fraction of sp³-hybridized carbons (Fsp3) is 0.300. The molecule has 1 aliphatic rings. The van der Waals surface area contributed by atoms with E-state index >= 15 is 0 Å². The molecule has 136 valence electrons. The number of ether oxygens (including phenoxy) is 2. The molecule has 3 rings (SSSR count). The number of methoxy groups -OCH3 is 1. The van der Waals surface area contributed by atoms with E-state index in [1.807, 2.05) is 36.4 Å². The second-order valence-corrected chi connectivity index (χ2v) is 7.06. The van der Waals surface area contributed by atoms with Crippen molar-refractivity contribution >= 4 is 27.8 Å². The zero-order valence-corrected chi connectivity index (χ0v) is 16.1. The second kappa shape index (κ2) is 8.36. The molecule has 1 saturated heterocycles. The number of benzene rings is 2. The summed E-state index contributed by atoms with van der Waals surface area (Å²) in [4.78, 5) is 26.4. The zero-order chi connectivity index (χ0) is 18.5. The number of esters is 1. The number of rotatable bonds is 4. The number of amides is 1. The maximum Gasteiger partial charge on any atom is 0.308 e. The molecule has 6 heteroatoms. The Labute approximate surface area is 161 Å². The number of carbonyl (C=O) groups is 2. The van der Waals surface area contributed by atoms with Crippen LogP contribution in [0.2, 0.25) is 0 Å². The predicted octanol–water partition coefficient (Wildman–Crippen LogP) is 4.27. The highest BCUT2D eigenvalue weighted by molar-refractivity contribution is 9.10. The van der Waals surface area contributed by atoms with E-state index in [1.54, 1.807) is 17.0 Å². The van der Waals surface area contributed by atoms with Gasteiger partial charge in [-0.1, -0.05) is 34.1 Å². The van der Waals surface area contributed by atoms with Gasteiger partial charge in [0.2, 0.25) is 0 Å². The van der Waals surface area contributed by atoms with Crippen LogP contribution < -0.4 is 4.74 Å². The third kappa shape index (κ3) is 4.25. The van der Waals surface area contributed by atoms with Gasteiger partial charge < -0.3 is 14.4 Å². The molecule has 0 radical (unpaired) electrons. The largest absolute Gasteiger partial charge is 0.469 e. The summed E-state index contributed by atoms with van der Waals surface area (Å²) >= 11 is 3.42. The monoisotopic (exact) mass is 417 g/mol. The van der Waals surface area contributed by atoms with E-state index in [2.05, 4.69) is 15.9 Å². The number of para-hydroxylation sites is 1. The van der Waals surface area contributed by atoms with Crippen molar-refractivity contribution in [3.63, 3.8) is 0 Å². The summed E-state index contributed by atoms with van der Waals surface area (Å²) in [5.41, 5.74) is 0.518. The summed E-state index contributed by atoms with van der Waals surface area (Å²) in [5, 5.41) is 0. The number of hydrogen-bond donors (Lipinski definition) is 0. The predicted molar refractivity (Wildman–Crippen MR) is 101 cm³/mol. The average molecular weight is 418 g/mol. The highest BCUT2D eigenvalue weighted by Gasteiger charge is 2.29. The second-order valence-electron chi connectivity index (χ2n) is 6.15. The maximum absolute atomic E-state index is 12.9. The lowest BCUT2D eigenvalue weighted by Crippen LogP contribution is -2.40. The molecule has 0 unspecified atom stereocenters. The van der Waals surface area contributed by atoms with Crippen molar-refractivity contribution in [3.05, 3.63) is 58.6 Å². The lowest BCUT2D eigenvalue weighted by molar-refractivity contribution is -0.146. The number of hydrogen-bond acceptors (Lipinski definition) is 4. The van der Waals surface area contributed by atoms with Gasteiger partial charge in [0.15, 0.2) is 0 Å². The summed E-state index contributed by atoms with van der Waals surface area (Å²) in [5.74, 6) is 0.765. The summed E-state index contributed by atoms with van der Waals surface area (Å²) in [6.45, 7) is 1.06. The van der Waals surface area contributed by atoms with Crippen LogP contribution >= 0.6 is 15.9 Å². The molecule has 0 bridgehead atoms. The quantitative estimate of drug-likeness (QED) is 0.697. The molecule has 0 aromatic heterocycles. The standard InChI is InChI=1S/C20H20BrNO4/c1-25-20(24)14-9-11-22(12-10-14)19(23)17-7-2-3-8-18(17)26-16-6-4-5-15(21)13-16/h2-8,13-14H,9-12H2,1H3. The normalized spacial score (nSPS) is 14.8. The van der Waals surface area contributed by atoms with Gasteiger partial charge in [-0.25, -0.2) is 0 Å². The van der Waals surface area contributed by atoms with Crippen LogP contribution in [0.25, 0.3) is 0 Å². The third-order valence-electron chi connectivity index (χ3n) is 4.46. The van der Waals surface area contributed by atoms with E-state index in [-0.39, 0.29) is 17.8 Å². The first-order valence-corrected chi connectivity index (χ1v) is 9.27. The van der Waals surface area contributed by atoms with Crippen LogP contribution in [0.15, 0.2) is 53.0 Å². The van der Waals surface area contributed by atoms with Gasteiger partial charge in [0.25, 0.3) is 5.91 Å². The van der Waals surface area contributed by atoms with Gasteiger partial charge in [0, 0.05) is 17.6 Å². The van der Waals surface area contributed by atoms with Gasteiger partial charge in [0.1, 0.15) is 11.5 Å².